The fourth-order valence-electron chi connectivity index (χ4n) is 2.15. The fraction of sp³-hybridized carbons (Fsp3) is 0.538. The highest BCUT2D eigenvalue weighted by molar-refractivity contribution is 5.86. The number of pyridine rings is 1. The summed E-state index contributed by atoms with van der Waals surface area (Å²) in [5.74, 6) is 0.0343. The van der Waals surface area contributed by atoms with Crippen molar-refractivity contribution >= 4 is 5.91 Å². The number of likely N-dealkylation sites (N-methyl/N-ethyl adjacent to an activating group) is 1. The monoisotopic (exact) mass is 233 g/mol. The van der Waals surface area contributed by atoms with Crippen LogP contribution in [0.15, 0.2) is 18.2 Å². The van der Waals surface area contributed by atoms with Crippen LogP contribution in [0.3, 0.4) is 0 Å². The van der Waals surface area contributed by atoms with Crippen molar-refractivity contribution < 1.29 is 4.79 Å². The number of rotatable bonds is 3. The summed E-state index contributed by atoms with van der Waals surface area (Å²) in [7, 11) is 1.79. The van der Waals surface area contributed by atoms with Crippen LogP contribution in [0.4, 0.5) is 0 Å². The zero-order chi connectivity index (χ0) is 12.5. The van der Waals surface area contributed by atoms with Crippen molar-refractivity contribution in [3.8, 4) is 0 Å². The standard InChI is InChI=1S/C13H19N3O/c1-10-5-3-6-11(15-10)9-16(2)12(17)13(14)7-4-8-13/h3,5-6H,4,7-9,14H2,1-2H3. The Labute approximate surface area is 102 Å². The Balaban J connectivity index is 2.01. The van der Waals surface area contributed by atoms with E-state index in [0.29, 0.717) is 6.54 Å². The van der Waals surface area contributed by atoms with Crippen molar-refractivity contribution in [2.75, 3.05) is 7.05 Å². The first-order valence-corrected chi connectivity index (χ1v) is 5.98. The Bertz CT molecular complexity index is 426. The Hall–Kier alpha value is -1.42. The second-order valence-electron chi connectivity index (χ2n) is 4.94. The largest absolute Gasteiger partial charge is 0.338 e. The highest BCUT2D eigenvalue weighted by Gasteiger charge is 2.41. The van der Waals surface area contributed by atoms with Crippen LogP contribution in [0.2, 0.25) is 0 Å². The third-order valence-electron chi connectivity index (χ3n) is 3.36. The first-order chi connectivity index (χ1) is 8.01. The molecule has 4 heteroatoms. The van der Waals surface area contributed by atoms with E-state index in [1.54, 1.807) is 11.9 Å². The number of aryl methyl sites for hydroxylation is 1. The molecule has 0 bridgehead atoms. The van der Waals surface area contributed by atoms with Gasteiger partial charge in [0.05, 0.1) is 17.8 Å². The zero-order valence-electron chi connectivity index (χ0n) is 10.4. The molecule has 0 aromatic carbocycles. The van der Waals surface area contributed by atoms with E-state index in [1.807, 2.05) is 25.1 Å². The highest BCUT2D eigenvalue weighted by atomic mass is 16.2. The summed E-state index contributed by atoms with van der Waals surface area (Å²) < 4.78 is 0. The van der Waals surface area contributed by atoms with E-state index in [-0.39, 0.29) is 5.91 Å². The Morgan fingerprint density at radius 2 is 2.24 bits per heavy atom. The molecular formula is C13H19N3O. The number of nitrogens with zero attached hydrogens (tertiary/aromatic N) is 2. The molecule has 2 N–H and O–H groups in total. The summed E-state index contributed by atoms with van der Waals surface area (Å²) >= 11 is 0. The molecule has 1 aromatic heterocycles. The number of nitrogens with two attached hydrogens (primary N) is 1. The van der Waals surface area contributed by atoms with Gasteiger partial charge in [-0.1, -0.05) is 6.07 Å². The van der Waals surface area contributed by atoms with Crippen LogP contribution in [0.25, 0.3) is 0 Å². The van der Waals surface area contributed by atoms with Gasteiger partial charge in [0.15, 0.2) is 0 Å². The Morgan fingerprint density at radius 1 is 1.53 bits per heavy atom. The van der Waals surface area contributed by atoms with Crippen LogP contribution in [0, 0.1) is 6.92 Å². The van der Waals surface area contributed by atoms with Gasteiger partial charge in [0.25, 0.3) is 0 Å². The maximum atomic E-state index is 12.1. The molecule has 1 aliphatic rings. The van der Waals surface area contributed by atoms with E-state index in [1.165, 1.54) is 0 Å². The molecule has 92 valence electrons. The molecule has 2 rings (SSSR count). The molecular weight excluding hydrogens is 214 g/mol. The average molecular weight is 233 g/mol. The lowest BCUT2D eigenvalue weighted by Crippen LogP contribution is -2.58. The van der Waals surface area contributed by atoms with Crippen LogP contribution in [0.1, 0.15) is 30.7 Å². The van der Waals surface area contributed by atoms with Gasteiger partial charge in [-0.2, -0.15) is 0 Å². The molecule has 1 heterocycles. The van der Waals surface area contributed by atoms with Crippen molar-refractivity contribution in [1.82, 2.24) is 9.88 Å². The first-order valence-electron chi connectivity index (χ1n) is 5.98. The van der Waals surface area contributed by atoms with Crippen molar-refractivity contribution in [2.24, 2.45) is 5.73 Å². The maximum Gasteiger partial charge on any atom is 0.242 e. The third kappa shape index (κ3) is 2.47. The molecule has 0 radical (unpaired) electrons. The van der Waals surface area contributed by atoms with Gasteiger partial charge in [-0.3, -0.25) is 9.78 Å². The molecule has 1 saturated carbocycles. The van der Waals surface area contributed by atoms with Gasteiger partial charge in [-0.25, -0.2) is 0 Å². The molecule has 0 atom stereocenters. The quantitative estimate of drug-likeness (QED) is 0.854. The van der Waals surface area contributed by atoms with Gasteiger partial charge >= 0.3 is 0 Å². The average Bonchev–Trinajstić information content (AvgIpc) is 2.25. The lowest BCUT2D eigenvalue weighted by Gasteiger charge is -2.39. The SMILES string of the molecule is Cc1cccc(CN(C)C(=O)C2(N)CCC2)n1. The molecule has 1 amide bonds. The summed E-state index contributed by atoms with van der Waals surface area (Å²) in [4.78, 5) is 18.2. The number of hydrogen-bond donors (Lipinski definition) is 1. The van der Waals surface area contributed by atoms with Gasteiger partial charge < -0.3 is 10.6 Å². The number of carbonyl (C=O) groups is 1. The van der Waals surface area contributed by atoms with Crippen LogP contribution < -0.4 is 5.73 Å². The number of amides is 1. The predicted octanol–water partition coefficient (Wildman–Crippen LogP) is 1.23. The number of carbonyl (C=O) groups excluding carboxylic acids is 1. The van der Waals surface area contributed by atoms with Crippen molar-refractivity contribution in [3.05, 3.63) is 29.6 Å². The molecule has 0 spiro atoms. The van der Waals surface area contributed by atoms with Crippen molar-refractivity contribution in [2.45, 2.75) is 38.3 Å². The second kappa shape index (κ2) is 4.45. The van der Waals surface area contributed by atoms with Gasteiger partial charge in [-0.15, -0.1) is 0 Å². The third-order valence-corrected chi connectivity index (χ3v) is 3.36. The topological polar surface area (TPSA) is 59.2 Å². The van der Waals surface area contributed by atoms with Crippen molar-refractivity contribution in [1.29, 1.82) is 0 Å². The van der Waals surface area contributed by atoms with E-state index in [2.05, 4.69) is 4.98 Å². The summed E-state index contributed by atoms with van der Waals surface area (Å²) in [6.07, 6.45) is 2.66. The van der Waals surface area contributed by atoms with Gasteiger partial charge in [0.1, 0.15) is 0 Å². The van der Waals surface area contributed by atoms with Crippen LogP contribution in [-0.4, -0.2) is 28.4 Å². The minimum Gasteiger partial charge on any atom is -0.338 e. The molecule has 1 aromatic rings. The normalized spacial score (nSPS) is 17.4. The molecule has 0 aliphatic heterocycles. The molecule has 1 fully saturated rings. The van der Waals surface area contributed by atoms with E-state index >= 15 is 0 Å². The zero-order valence-corrected chi connectivity index (χ0v) is 10.4. The second-order valence-corrected chi connectivity index (χ2v) is 4.94. The Morgan fingerprint density at radius 3 is 2.76 bits per heavy atom. The predicted molar refractivity (Wildman–Crippen MR) is 66.2 cm³/mol. The summed E-state index contributed by atoms with van der Waals surface area (Å²) in [6.45, 7) is 2.47. The van der Waals surface area contributed by atoms with Crippen molar-refractivity contribution in [3.63, 3.8) is 0 Å². The molecule has 0 saturated heterocycles. The highest BCUT2D eigenvalue weighted by Crippen LogP contribution is 2.30. The van der Waals surface area contributed by atoms with Gasteiger partial charge in [-0.05, 0) is 38.3 Å². The summed E-state index contributed by atoms with van der Waals surface area (Å²) in [5, 5.41) is 0. The Kier molecular flexibility index (Phi) is 3.15. The first kappa shape index (κ1) is 12.0. The summed E-state index contributed by atoms with van der Waals surface area (Å²) in [6, 6.07) is 5.83. The van der Waals surface area contributed by atoms with E-state index in [9.17, 15) is 4.79 Å². The van der Waals surface area contributed by atoms with Crippen LogP contribution in [0.5, 0.6) is 0 Å². The lowest BCUT2D eigenvalue weighted by atomic mass is 9.76. The van der Waals surface area contributed by atoms with E-state index in [4.69, 9.17) is 5.73 Å². The fourth-order valence-corrected chi connectivity index (χ4v) is 2.15. The lowest BCUT2D eigenvalue weighted by molar-refractivity contribution is -0.139. The van der Waals surface area contributed by atoms with E-state index in [0.717, 1.165) is 30.7 Å². The number of hydrogen-bond acceptors (Lipinski definition) is 3. The van der Waals surface area contributed by atoms with Crippen LogP contribution in [-0.2, 0) is 11.3 Å². The molecule has 1 aliphatic carbocycles. The van der Waals surface area contributed by atoms with Gasteiger partial charge in [0.2, 0.25) is 5.91 Å². The van der Waals surface area contributed by atoms with Gasteiger partial charge in [0, 0.05) is 12.7 Å². The summed E-state index contributed by atoms with van der Waals surface area (Å²) in [5.41, 5.74) is 7.28. The molecule has 17 heavy (non-hydrogen) atoms. The minimum absolute atomic E-state index is 0.0343. The smallest absolute Gasteiger partial charge is 0.242 e. The molecule has 4 nitrogen and oxygen atoms in total. The maximum absolute atomic E-state index is 12.1. The van der Waals surface area contributed by atoms with E-state index < -0.39 is 5.54 Å². The minimum atomic E-state index is -0.613. The molecule has 0 unspecified atom stereocenters. The van der Waals surface area contributed by atoms with Crippen LogP contribution >= 0.6 is 0 Å². The number of aromatic nitrogens is 1.